The summed E-state index contributed by atoms with van der Waals surface area (Å²) in [4.78, 5) is 11.7. The second-order valence-electron chi connectivity index (χ2n) is 7.56. The van der Waals surface area contributed by atoms with Gasteiger partial charge in [0.15, 0.2) is 0 Å². The van der Waals surface area contributed by atoms with Crippen LogP contribution < -0.4 is 4.74 Å². The van der Waals surface area contributed by atoms with Gasteiger partial charge in [0.2, 0.25) is 0 Å². The molecule has 0 aliphatic carbocycles. The molecule has 0 radical (unpaired) electrons. The lowest BCUT2D eigenvalue weighted by atomic mass is 9.82. The van der Waals surface area contributed by atoms with Gasteiger partial charge in [-0.05, 0) is 55.3 Å². The molecule has 0 heterocycles. The number of phenols is 1. The van der Waals surface area contributed by atoms with E-state index in [1.165, 1.54) is 5.56 Å². The fourth-order valence-electron chi connectivity index (χ4n) is 4.15. The van der Waals surface area contributed by atoms with E-state index in [0.717, 1.165) is 46.9 Å². The van der Waals surface area contributed by atoms with Crippen LogP contribution in [0.25, 0.3) is 10.8 Å². The molecule has 1 unspecified atom stereocenters. The Morgan fingerprint density at radius 2 is 1.80 bits per heavy atom. The van der Waals surface area contributed by atoms with Crippen LogP contribution in [-0.4, -0.2) is 24.8 Å². The molecule has 4 heteroatoms. The van der Waals surface area contributed by atoms with Gasteiger partial charge in [-0.3, -0.25) is 4.79 Å². The lowest BCUT2D eigenvalue weighted by Crippen LogP contribution is -2.08. The maximum Gasteiger partial charge on any atom is 0.305 e. The molecule has 0 fully saturated rings. The molecule has 4 nitrogen and oxygen atoms in total. The summed E-state index contributed by atoms with van der Waals surface area (Å²) in [7, 11) is 1.72. The molecule has 3 aromatic rings. The summed E-state index contributed by atoms with van der Waals surface area (Å²) in [6.07, 6.45) is 2.98. The topological polar surface area (TPSA) is 55.8 Å². The van der Waals surface area contributed by atoms with E-state index in [4.69, 9.17) is 9.47 Å². The Balaban J connectivity index is 1.97. The van der Waals surface area contributed by atoms with Crippen LogP contribution in [0.5, 0.6) is 11.5 Å². The molecular weight excluding hydrogens is 376 g/mol. The Kier molecular flexibility index (Phi) is 7.34. The number of methoxy groups -OCH3 is 1. The number of fused-ring (bicyclic) bond motifs is 1. The third kappa shape index (κ3) is 4.93. The largest absolute Gasteiger partial charge is 0.508 e. The average molecular weight is 407 g/mol. The van der Waals surface area contributed by atoms with Crippen molar-refractivity contribution in [2.24, 2.45) is 0 Å². The Labute approximate surface area is 178 Å². The van der Waals surface area contributed by atoms with Crippen LogP contribution in [-0.2, 0) is 9.53 Å². The van der Waals surface area contributed by atoms with Gasteiger partial charge >= 0.3 is 5.97 Å². The minimum absolute atomic E-state index is 0.104. The maximum atomic E-state index is 11.7. The fraction of sp³-hybridized carbons (Fsp3) is 0.346. The van der Waals surface area contributed by atoms with E-state index in [1.807, 2.05) is 31.2 Å². The molecular formula is C26H30O4. The van der Waals surface area contributed by atoms with Gasteiger partial charge in [-0.15, -0.1) is 0 Å². The molecule has 0 bridgehead atoms. The molecule has 0 amide bonds. The zero-order valence-electron chi connectivity index (χ0n) is 18.0. The van der Waals surface area contributed by atoms with Gasteiger partial charge in [0.25, 0.3) is 0 Å². The summed E-state index contributed by atoms with van der Waals surface area (Å²) in [5.41, 5.74) is 3.47. The number of esters is 1. The summed E-state index contributed by atoms with van der Waals surface area (Å²) >= 11 is 0. The number of hydrogen-bond acceptors (Lipinski definition) is 4. The lowest BCUT2D eigenvalue weighted by molar-refractivity contribution is -0.143. The molecule has 0 aromatic heterocycles. The van der Waals surface area contributed by atoms with E-state index >= 15 is 0 Å². The zero-order valence-corrected chi connectivity index (χ0v) is 18.0. The van der Waals surface area contributed by atoms with Gasteiger partial charge in [0.1, 0.15) is 11.5 Å². The molecule has 0 aliphatic heterocycles. The first-order chi connectivity index (χ1) is 14.5. The van der Waals surface area contributed by atoms with Crippen molar-refractivity contribution in [2.75, 3.05) is 13.7 Å². The molecule has 158 valence electrons. The smallest absolute Gasteiger partial charge is 0.305 e. The van der Waals surface area contributed by atoms with Crippen LogP contribution >= 0.6 is 0 Å². The summed E-state index contributed by atoms with van der Waals surface area (Å²) in [6, 6.07) is 17.9. The fourth-order valence-corrected chi connectivity index (χ4v) is 4.15. The average Bonchev–Trinajstić information content (AvgIpc) is 2.74. The first-order valence-electron chi connectivity index (χ1n) is 10.6. The van der Waals surface area contributed by atoms with Gasteiger partial charge in [-0.1, -0.05) is 48.9 Å². The number of carbonyl (C=O) groups excluding carboxylic acids is 1. The molecule has 0 saturated heterocycles. The van der Waals surface area contributed by atoms with Crippen molar-refractivity contribution >= 4 is 16.7 Å². The van der Waals surface area contributed by atoms with Gasteiger partial charge in [-0.2, -0.15) is 0 Å². The summed E-state index contributed by atoms with van der Waals surface area (Å²) < 4.78 is 11.0. The van der Waals surface area contributed by atoms with Crippen molar-refractivity contribution in [2.45, 2.75) is 45.4 Å². The van der Waals surface area contributed by atoms with Crippen molar-refractivity contribution < 1.29 is 19.4 Å². The number of phenolic OH excluding ortho intramolecular Hbond substituents is 1. The standard InChI is InChI=1S/C26H30O4/c1-4-30-24(28)12-8-7-10-22(19-13-15-21(27)16-14-19)25-18(2)17-20-9-5-6-11-23(20)26(25)29-3/h5-6,9,11,13-17,22,27H,4,7-8,10,12H2,1-3H3. The van der Waals surface area contributed by atoms with Crippen LogP contribution in [0, 0.1) is 6.92 Å². The normalized spacial score (nSPS) is 12.0. The molecule has 1 atom stereocenters. The SMILES string of the molecule is CCOC(=O)CCCCC(c1ccc(O)cc1)c1c(C)cc2ccccc2c1OC. The molecule has 30 heavy (non-hydrogen) atoms. The predicted octanol–water partition coefficient (Wildman–Crippen LogP) is 6.12. The van der Waals surface area contributed by atoms with Crippen molar-refractivity contribution in [3.63, 3.8) is 0 Å². The van der Waals surface area contributed by atoms with Gasteiger partial charge in [-0.25, -0.2) is 0 Å². The number of aryl methyl sites for hydroxylation is 1. The van der Waals surface area contributed by atoms with Crippen LogP contribution in [0.15, 0.2) is 54.6 Å². The highest BCUT2D eigenvalue weighted by atomic mass is 16.5. The van der Waals surface area contributed by atoms with E-state index < -0.39 is 0 Å². The predicted molar refractivity (Wildman–Crippen MR) is 120 cm³/mol. The number of benzene rings is 3. The number of unbranched alkanes of at least 4 members (excludes halogenated alkanes) is 1. The van der Waals surface area contributed by atoms with Crippen molar-refractivity contribution in [3.05, 3.63) is 71.3 Å². The Bertz CT molecular complexity index is 992. The number of ether oxygens (including phenoxy) is 2. The third-order valence-corrected chi connectivity index (χ3v) is 5.52. The molecule has 0 aliphatic rings. The summed E-state index contributed by atoms with van der Waals surface area (Å²) in [6.45, 7) is 4.37. The van der Waals surface area contributed by atoms with Crippen LogP contribution in [0.2, 0.25) is 0 Å². The van der Waals surface area contributed by atoms with Crippen LogP contribution in [0.3, 0.4) is 0 Å². The molecule has 3 rings (SSSR count). The monoisotopic (exact) mass is 406 g/mol. The molecule has 0 saturated carbocycles. The second-order valence-corrected chi connectivity index (χ2v) is 7.56. The van der Waals surface area contributed by atoms with Gasteiger partial charge in [0, 0.05) is 23.3 Å². The third-order valence-electron chi connectivity index (χ3n) is 5.52. The van der Waals surface area contributed by atoms with Gasteiger partial charge < -0.3 is 14.6 Å². The van der Waals surface area contributed by atoms with Crippen molar-refractivity contribution in [3.8, 4) is 11.5 Å². The minimum atomic E-state index is -0.141. The van der Waals surface area contributed by atoms with Gasteiger partial charge in [0.05, 0.1) is 13.7 Å². The van der Waals surface area contributed by atoms with Crippen molar-refractivity contribution in [1.82, 2.24) is 0 Å². The second kappa shape index (κ2) is 10.1. The Hall–Kier alpha value is -3.01. The first-order valence-corrected chi connectivity index (χ1v) is 10.6. The lowest BCUT2D eigenvalue weighted by Gasteiger charge is -2.24. The van der Waals surface area contributed by atoms with E-state index in [0.29, 0.717) is 13.0 Å². The summed E-state index contributed by atoms with van der Waals surface area (Å²) in [5, 5.41) is 12.0. The first kappa shape index (κ1) is 21.7. The zero-order chi connectivity index (χ0) is 21.5. The Morgan fingerprint density at radius 1 is 1.07 bits per heavy atom. The number of aromatic hydroxyl groups is 1. The van der Waals surface area contributed by atoms with Crippen molar-refractivity contribution in [1.29, 1.82) is 0 Å². The highest BCUT2D eigenvalue weighted by Gasteiger charge is 2.22. The van der Waals surface area contributed by atoms with E-state index in [1.54, 1.807) is 19.2 Å². The molecule has 3 aromatic carbocycles. The van der Waals surface area contributed by atoms with Crippen LogP contribution in [0.4, 0.5) is 0 Å². The molecule has 0 spiro atoms. The Morgan fingerprint density at radius 3 is 2.50 bits per heavy atom. The van der Waals surface area contributed by atoms with E-state index in [9.17, 15) is 9.90 Å². The van der Waals surface area contributed by atoms with E-state index in [2.05, 4.69) is 25.1 Å². The number of carbonyl (C=O) groups is 1. The quantitative estimate of drug-likeness (QED) is 0.344. The maximum absolute atomic E-state index is 11.7. The summed E-state index contributed by atoms with van der Waals surface area (Å²) in [5.74, 6) is 1.11. The molecule has 1 N–H and O–H groups in total. The highest BCUT2D eigenvalue weighted by Crippen LogP contribution is 2.42. The minimum Gasteiger partial charge on any atom is -0.508 e. The van der Waals surface area contributed by atoms with Crippen LogP contribution in [0.1, 0.15) is 55.2 Å². The number of hydrogen-bond donors (Lipinski definition) is 1. The van der Waals surface area contributed by atoms with E-state index in [-0.39, 0.29) is 17.6 Å². The number of rotatable bonds is 9. The highest BCUT2D eigenvalue weighted by molar-refractivity contribution is 5.91.